The van der Waals surface area contributed by atoms with Crippen molar-refractivity contribution in [3.63, 3.8) is 0 Å². The van der Waals surface area contributed by atoms with Crippen molar-refractivity contribution in [2.24, 2.45) is 5.92 Å². The van der Waals surface area contributed by atoms with Gasteiger partial charge in [-0.15, -0.1) is 0 Å². The molecular weight excluding hydrogens is 294 g/mol. The van der Waals surface area contributed by atoms with Gasteiger partial charge in [-0.2, -0.15) is 0 Å². The molecule has 1 unspecified atom stereocenters. The van der Waals surface area contributed by atoms with Gasteiger partial charge in [-0.1, -0.05) is 19.1 Å². The van der Waals surface area contributed by atoms with E-state index in [9.17, 15) is 9.59 Å². The highest BCUT2D eigenvalue weighted by atomic mass is 79.9. The van der Waals surface area contributed by atoms with E-state index in [-0.39, 0.29) is 17.6 Å². The van der Waals surface area contributed by atoms with Crippen molar-refractivity contribution in [3.05, 3.63) is 33.8 Å². The Morgan fingerprint density at radius 1 is 1.44 bits per heavy atom. The Balaban J connectivity index is 2.22. The van der Waals surface area contributed by atoms with Crippen LogP contribution < -0.4 is 0 Å². The molecule has 2 rings (SSSR count). The Labute approximate surface area is 115 Å². The summed E-state index contributed by atoms with van der Waals surface area (Å²) in [7, 11) is 0. The van der Waals surface area contributed by atoms with Crippen molar-refractivity contribution in [1.82, 2.24) is 4.90 Å². The minimum absolute atomic E-state index is 0.00456. The lowest BCUT2D eigenvalue weighted by molar-refractivity contribution is -0.124. The molecule has 1 aliphatic rings. The monoisotopic (exact) mass is 309 g/mol. The van der Waals surface area contributed by atoms with Gasteiger partial charge in [-0.05, 0) is 34.5 Å². The second-order valence-electron chi connectivity index (χ2n) is 4.80. The maximum absolute atomic E-state index is 12.4. The van der Waals surface area contributed by atoms with Crippen LogP contribution in [0.1, 0.15) is 29.3 Å². The normalized spacial score (nSPS) is 20.1. The van der Waals surface area contributed by atoms with Crippen molar-refractivity contribution in [3.8, 4) is 0 Å². The first-order valence-electron chi connectivity index (χ1n) is 6.08. The molecule has 1 aromatic carbocycles. The largest absolute Gasteiger partial charge is 0.337 e. The van der Waals surface area contributed by atoms with E-state index in [0.717, 1.165) is 10.0 Å². The third kappa shape index (κ3) is 2.48. The first kappa shape index (κ1) is 13.3. The highest BCUT2D eigenvalue weighted by Crippen LogP contribution is 2.24. The average Bonchev–Trinajstić information content (AvgIpc) is 2.35. The van der Waals surface area contributed by atoms with Crippen LogP contribution in [0.5, 0.6) is 0 Å². The van der Waals surface area contributed by atoms with Crippen LogP contribution >= 0.6 is 15.9 Å². The molecule has 18 heavy (non-hydrogen) atoms. The molecule has 0 aliphatic carbocycles. The summed E-state index contributed by atoms with van der Waals surface area (Å²) in [6, 6.07) is 5.66. The zero-order valence-corrected chi connectivity index (χ0v) is 12.2. The van der Waals surface area contributed by atoms with E-state index in [0.29, 0.717) is 25.1 Å². The molecule has 0 N–H and O–H groups in total. The van der Waals surface area contributed by atoms with Crippen molar-refractivity contribution in [2.45, 2.75) is 20.3 Å². The Bertz CT molecular complexity index is 499. The molecule has 0 aromatic heterocycles. The van der Waals surface area contributed by atoms with Crippen molar-refractivity contribution in [2.75, 3.05) is 13.1 Å². The number of ketones is 1. The smallest absolute Gasteiger partial charge is 0.255 e. The molecule has 1 aromatic rings. The Kier molecular flexibility index (Phi) is 3.85. The second-order valence-corrected chi connectivity index (χ2v) is 5.60. The fourth-order valence-corrected chi connectivity index (χ4v) is 2.62. The highest BCUT2D eigenvalue weighted by molar-refractivity contribution is 9.10. The SMILES string of the molecule is Cc1cccc(C(=O)N2CCC(=O)C(C)C2)c1Br. The summed E-state index contributed by atoms with van der Waals surface area (Å²) in [6.07, 6.45) is 0.469. The molecule has 1 atom stereocenters. The molecule has 3 nitrogen and oxygen atoms in total. The minimum atomic E-state index is -0.0497. The van der Waals surface area contributed by atoms with Gasteiger partial charge >= 0.3 is 0 Å². The van der Waals surface area contributed by atoms with Crippen molar-refractivity contribution in [1.29, 1.82) is 0 Å². The molecule has 1 saturated heterocycles. The zero-order chi connectivity index (χ0) is 13.3. The fraction of sp³-hybridized carbons (Fsp3) is 0.429. The first-order valence-corrected chi connectivity index (χ1v) is 6.87. The number of nitrogens with zero attached hydrogens (tertiary/aromatic N) is 1. The zero-order valence-electron chi connectivity index (χ0n) is 10.6. The molecule has 1 heterocycles. The molecule has 0 saturated carbocycles. The Hall–Kier alpha value is -1.16. The van der Waals surface area contributed by atoms with Gasteiger partial charge in [0, 0.05) is 29.9 Å². The number of amides is 1. The van der Waals surface area contributed by atoms with Gasteiger partial charge in [-0.3, -0.25) is 9.59 Å². The summed E-state index contributed by atoms with van der Waals surface area (Å²) >= 11 is 3.46. The lowest BCUT2D eigenvalue weighted by Gasteiger charge is -2.30. The summed E-state index contributed by atoms with van der Waals surface area (Å²) in [5.74, 6) is 0.207. The van der Waals surface area contributed by atoms with Crippen LogP contribution in [0.15, 0.2) is 22.7 Å². The van der Waals surface area contributed by atoms with Gasteiger partial charge in [-0.25, -0.2) is 0 Å². The number of carbonyl (C=O) groups is 2. The predicted molar refractivity (Wildman–Crippen MR) is 73.6 cm³/mol. The van der Waals surface area contributed by atoms with Crippen LogP contribution in [0.3, 0.4) is 0 Å². The number of hydrogen-bond donors (Lipinski definition) is 0. The summed E-state index contributed by atoms with van der Waals surface area (Å²) in [5.41, 5.74) is 1.72. The third-order valence-electron chi connectivity index (χ3n) is 3.38. The van der Waals surface area contributed by atoms with Gasteiger partial charge in [0.1, 0.15) is 5.78 Å². The number of likely N-dealkylation sites (tertiary alicyclic amines) is 1. The summed E-state index contributed by atoms with van der Waals surface area (Å²) in [4.78, 5) is 25.7. The molecule has 1 aliphatic heterocycles. The molecule has 0 spiro atoms. The maximum Gasteiger partial charge on any atom is 0.255 e. The van der Waals surface area contributed by atoms with E-state index < -0.39 is 0 Å². The topological polar surface area (TPSA) is 37.4 Å². The number of halogens is 1. The van der Waals surface area contributed by atoms with E-state index in [4.69, 9.17) is 0 Å². The van der Waals surface area contributed by atoms with E-state index in [1.165, 1.54) is 0 Å². The number of rotatable bonds is 1. The number of Topliss-reactive ketones (excluding diaryl/α,β-unsaturated/α-hetero) is 1. The maximum atomic E-state index is 12.4. The van der Waals surface area contributed by atoms with E-state index in [1.54, 1.807) is 4.90 Å². The van der Waals surface area contributed by atoms with E-state index in [1.807, 2.05) is 32.0 Å². The van der Waals surface area contributed by atoms with Crippen molar-refractivity contribution < 1.29 is 9.59 Å². The number of hydrogen-bond acceptors (Lipinski definition) is 2. The van der Waals surface area contributed by atoms with Gasteiger partial charge in [0.25, 0.3) is 5.91 Å². The second kappa shape index (κ2) is 5.22. The minimum Gasteiger partial charge on any atom is -0.337 e. The van der Waals surface area contributed by atoms with Crippen molar-refractivity contribution >= 4 is 27.6 Å². The standard InChI is InChI=1S/C14H16BrNO2/c1-9-4-3-5-11(13(9)15)14(18)16-7-6-12(17)10(2)8-16/h3-5,10H,6-8H2,1-2H3. The van der Waals surface area contributed by atoms with Gasteiger partial charge < -0.3 is 4.90 Å². The number of carbonyl (C=O) groups excluding carboxylic acids is 2. The fourth-order valence-electron chi connectivity index (χ4n) is 2.18. The Morgan fingerprint density at radius 3 is 2.83 bits per heavy atom. The number of aryl methyl sites for hydroxylation is 1. The third-order valence-corrected chi connectivity index (χ3v) is 4.43. The lowest BCUT2D eigenvalue weighted by atomic mass is 9.98. The summed E-state index contributed by atoms with van der Waals surface area (Å²) in [6.45, 7) is 4.90. The Morgan fingerprint density at radius 2 is 2.17 bits per heavy atom. The van der Waals surface area contributed by atoms with Crippen LogP contribution in [0.4, 0.5) is 0 Å². The quantitative estimate of drug-likeness (QED) is 0.800. The lowest BCUT2D eigenvalue weighted by Crippen LogP contribution is -2.43. The predicted octanol–water partition coefficient (Wildman–Crippen LogP) is 2.81. The van der Waals surface area contributed by atoms with Crippen LogP contribution in [-0.4, -0.2) is 29.7 Å². The molecule has 1 amide bonds. The van der Waals surface area contributed by atoms with Crippen LogP contribution in [0, 0.1) is 12.8 Å². The molecule has 1 fully saturated rings. The van der Waals surface area contributed by atoms with E-state index in [2.05, 4.69) is 15.9 Å². The number of piperidine rings is 1. The van der Waals surface area contributed by atoms with E-state index >= 15 is 0 Å². The van der Waals surface area contributed by atoms with Gasteiger partial charge in [0.05, 0.1) is 5.56 Å². The molecular formula is C14H16BrNO2. The van der Waals surface area contributed by atoms with Crippen LogP contribution in [-0.2, 0) is 4.79 Å². The molecule has 4 heteroatoms. The molecule has 96 valence electrons. The van der Waals surface area contributed by atoms with Crippen LogP contribution in [0.25, 0.3) is 0 Å². The number of benzene rings is 1. The molecule has 0 radical (unpaired) electrons. The summed E-state index contributed by atoms with van der Waals surface area (Å²) < 4.78 is 0.847. The highest BCUT2D eigenvalue weighted by Gasteiger charge is 2.28. The van der Waals surface area contributed by atoms with Crippen LogP contribution in [0.2, 0.25) is 0 Å². The molecule has 0 bridgehead atoms. The first-order chi connectivity index (χ1) is 8.50. The summed E-state index contributed by atoms with van der Waals surface area (Å²) in [5, 5.41) is 0. The average molecular weight is 310 g/mol. The van der Waals surface area contributed by atoms with Gasteiger partial charge in [0.2, 0.25) is 0 Å². The van der Waals surface area contributed by atoms with Gasteiger partial charge in [0.15, 0.2) is 0 Å².